The van der Waals surface area contributed by atoms with Crippen LogP contribution in [0.25, 0.3) is 10.2 Å². The van der Waals surface area contributed by atoms with Crippen LogP contribution in [0.5, 0.6) is 5.88 Å². The molecular weight excluding hydrogens is 348 g/mol. The first-order valence-electron chi connectivity index (χ1n) is 8.88. The molecule has 1 fully saturated rings. The van der Waals surface area contributed by atoms with Crippen LogP contribution in [0.2, 0.25) is 0 Å². The number of ketones is 1. The largest absolute Gasteiger partial charge is 0.481 e. The molecule has 3 aromatic rings. The molecule has 4 heterocycles. The molecule has 0 amide bonds. The molecule has 0 saturated carbocycles. The van der Waals surface area contributed by atoms with Crippen LogP contribution in [-0.2, 0) is 11.3 Å². The summed E-state index contributed by atoms with van der Waals surface area (Å²) in [6.07, 6.45) is 3.79. The second-order valence-corrected chi connectivity index (χ2v) is 7.77. The van der Waals surface area contributed by atoms with Crippen molar-refractivity contribution in [2.45, 2.75) is 26.3 Å². The fraction of sp³-hybridized carbons (Fsp3) is 0.400. The van der Waals surface area contributed by atoms with Crippen LogP contribution in [0.4, 0.5) is 0 Å². The number of rotatable bonds is 5. The highest BCUT2D eigenvalue weighted by Gasteiger charge is 2.20. The Morgan fingerprint density at radius 3 is 2.85 bits per heavy atom. The molecule has 0 atom stereocenters. The Labute approximate surface area is 156 Å². The number of methoxy groups -OCH3 is 1. The van der Waals surface area contributed by atoms with Crippen molar-refractivity contribution in [1.82, 2.24) is 9.55 Å². The van der Waals surface area contributed by atoms with Gasteiger partial charge in [-0.2, -0.15) is 0 Å². The third-order valence-electron chi connectivity index (χ3n) is 4.99. The summed E-state index contributed by atoms with van der Waals surface area (Å²) in [5, 5.41) is 1.14. The highest BCUT2D eigenvalue weighted by atomic mass is 32.1. The molecule has 1 saturated heterocycles. The molecule has 26 heavy (non-hydrogen) atoms. The summed E-state index contributed by atoms with van der Waals surface area (Å²) in [7, 11) is 1.56. The number of carbonyl (C=O) groups is 1. The Kier molecular flexibility index (Phi) is 4.78. The van der Waals surface area contributed by atoms with Crippen LogP contribution < -0.4 is 4.74 Å². The monoisotopic (exact) mass is 370 g/mol. The van der Waals surface area contributed by atoms with E-state index in [9.17, 15) is 4.79 Å². The van der Waals surface area contributed by atoms with Gasteiger partial charge < -0.3 is 14.0 Å². The molecular formula is C20H22N2O3S. The molecule has 3 aromatic heterocycles. The Bertz CT molecular complexity index is 921. The number of nitrogens with zero attached hydrogens (tertiary/aromatic N) is 2. The van der Waals surface area contributed by atoms with E-state index in [2.05, 4.69) is 22.5 Å². The summed E-state index contributed by atoms with van der Waals surface area (Å²) < 4.78 is 12.9. The number of pyridine rings is 1. The summed E-state index contributed by atoms with van der Waals surface area (Å²) in [6, 6.07) is 7.66. The lowest BCUT2D eigenvalue weighted by molar-refractivity contribution is 0.0615. The van der Waals surface area contributed by atoms with Gasteiger partial charge in [0.15, 0.2) is 0 Å². The molecule has 0 aliphatic carbocycles. The predicted octanol–water partition coefficient (Wildman–Crippen LogP) is 4.07. The van der Waals surface area contributed by atoms with E-state index in [-0.39, 0.29) is 5.78 Å². The highest BCUT2D eigenvalue weighted by molar-refractivity contribution is 7.20. The summed E-state index contributed by atoms with van der Waals surface area (Å²) in [6.45, 7) is 4.84. The van der Waals surface area contributed by atoms with E-state index in [0.717, 1.165) is 42.9 Å². The Morgan fingerprint density at radius 2 is 2.15 bits per heavy atom. The van der Waals surface area contributed by atoms with Crippen molar-refractivity contribution >= 4 is 27.3 Å². The van der Waals surface area contributed by atoms with Crippen molar-refractivity contribution in [1.29, 1.82) is 0 Å². The van der Waals surface area contributed by atoms with Crippen LogP contribution in [0.1, 0.15) is 33.8 Å². The number of hydrogen-bond acceptors (Lipinski definition) is 5. The number of hydrogen-bond donors (Lipinski definition) is 0. The van der Waals surface area contributed by atoms with Gasteiger partial charge in [0.05, 0.1) is 12.0 Å². The minimum Gasteiger partial charge on any atom is -0.481 e. The summed E-state index contributed by atoms with van der Waals surface area (Å²) in [5.74, 6) is 1.16. The van der Waals surface area contributed by atoms with Crippen LogP contribution in [0.3, 0.4) is 0 Å². The van der Waals surface area contributed by atoms with Crippen LogP contribution in [0, 0.1) is 12.8 Å². The van der Waals surface area contributed by atoms with Gasteiger partial charge in [0.1, 0.15) is 4.83 Å². The maximum absolute atomic E-state index is 12.8. The molecule has 0 N–H and O–H groups in total. The smallest absolute Gasteiger partial charge is 0.212 e. The highest BCUT2D eigenvalue weighted by Crippen LogP contribution is 2.32. The SMILES string of the molecule is COc1ccc(C(=O)c2cc3cc(C)n(CC4CCOCC4)c3s2)cn1. The van der Waals surface area contributed by atoms with Gasteiger partial charge in [-0.3, -0.25) is 4.79 Å². The van der Waals surface area contributed by atoms with Crippen LogP contribution >= 0.6 is 11.3 Å². The Morgan fingerprint density at radius 1 is 1.35 bits per heavy atom. The maximum atomic E-state index is 12.8. The average Bonchev–Trinajstić information content (AvgIpc) is 3.21. The van der Waals surface area contributed by atoms with E-state index in [1.54, 1.807) is 36.8 Å². The summed E-state index contributed by atoms with van der Waals surface area (Å²) >= 11 is 1.57. The third-order valence-corrected chi connectivity index (χ3v) is 6.16. The van der Waals surface area contributed by atoms with Crippen molar-refractivity contribution in [3.63, 3.8) is 0 Å². The molecule has 6 heteroatoms. The predicted molar refractivity (Wildman–Crippen MR) is 102 cm³/mol. The molecule has 0 bridgehead atoms. The summed E-state index contributed by atoms with van der Waals surface area (Å²) in [5.41, 5.74) is 1.84. The van der Waals surface area contributed by atoms with Gasteiger partial charge in [0, 0.05) is 48.7 Å². The number of aryl methyl sites for hydroxylation is 1. The van der Waals surface area contributed by atoms with Crippen molar-refractivity contribution < 1.29 is 14.3 Å². The van der Waals surface area contributed by atoms with Gasteiger partial charge in [-0.1, -0.05) is 0 Å². The fourth-order valence-corrected chi connectivity index (χ4v) is 4.65. The zero-order valence-corrected chi connectivity index (χ0v) is 15.8. The van der Waals surface area contributed by atoms with E-state index in [1.165, 1.54) is 10.5 Å². The van der Waals surface area contributed by atoms with Gasteiger partial charge in [0.25, 0.3) is 0 Å². The Hall–Kier alpha value is -2.18. The van der Waals surface area contributed by atoms with Crippen molar-refractivity contribution in [3.05, 3.63) is 46.6 Å². The molecule has 0 spiro atoms. The minimum absolute atomic E-state index is 0.0108. The first-order chi connectivity index (χ1) is 12.7. The molecule has 5 nitrogen and oxygen atoms in total. The topological polar surface area (TPSA) is 53.4 Å². The first-order valence-corrected chi connectivity index (χ1v) is 9.69. The number of ether oxygens (including phenoxy) is 2. The average molecular weight is 370 g/mol. The maximum Gasteiger partial charge on any atom is 0.212 e. The van der Waals surface area contributed by atoms with E-state index in [4.69, 9.17) is 9.47 Å². The van der Waals surface area contributed by atoms with Crippen molar-refractivity contribution in [2.75, 3.05) is 20.3 Å². The molecule has 0 radical (unpaired) electrons. The molecule has 4 rings (SSSR count). The van der Waals surface area contributed by atoms with Crippen LogP contribution in [-0.4, -0.2) is 35.7 Å². The number of fused-ring (bicyclic) bond motifs is 1. The second-order valence-electron chi connectivity index (χ2n) is 6.74. The number of thiophene rings is 1. The van der Waals surface area contributed by atoms with E-state index >= 15 is 0 Å². The van der Waals surface area contributed by atoms with Gasteiger partial charge in [-0.05, 0) is 43.9 Å². The second kappa shape index (κ2) is 7.21. The van der Waals surface area contributed by atoms with Crippen molar-refractivity contribution in [2.24, 2.45) is 5.92 Å². The molecule has 0 aromatic carbocycles. The molecule has 0 unspecified atom stereocenters. The lowest BCUT2D eigenvalue weighted by atomic mass is 10.0. The van der Waals surface area contributed by atoms with Gasteiger partial charge >= 0.3 is 0 Å². The normalized spacial score (nSPS) is 15.5. The number of aromatic nitrogens is 2. The third kappa shape index (κ3) is 3.27. The zero-order chi connectivity index (χ0) is 18.1. The fourth-order valence-electron chi connectivity index (χ4n) is 3.48. The summed E-state index contributed by atoms with van der Waals surface area (Å²) in [4.78, 5) is 18.9. The first kappa shape index (κ1) is 17.2. The van der Waals surface area contributed by atoms with Crippen molar-refractivity contribution in [3.8, 4) is 5.88 Å². The van der Waals surface area contributed by atoms with Gasteiger partial charge in [-0.25, -0.2) is 4.98 Å². The molecule has 1 aliphatic rings. The quantitative estimate of drug-likeness (QED) is 0.635. The lowest BCUT2D eigenvalue weighted by Crippen LogP contribution is -2.20. The molecule has 1 aliphatic heterocycles. The lowest BCUT2D eigenvalue weighted by Gasteiger charge is -2.23. The van der Waals surface area contributed by atoms with Gasteiger partial charge in [-0.15, -0.1) is 11.3 Å². The molecule has 136 valence electrons. The Balaban J connectivity index is 1.61. The van der Waals surface area contributed by atoms with E-state index in [0.29, 0.717) is 17.4 Å². The standard InChI is InChI=1S/C20H22N2O3S/c1-13-9-16-10-17(19(23)15-3-4-18(24-2)21-11-15)26-20(16)22(13)12-14-5-7-25-8-6-14/h3-4,9-11,14H,5-8,12H2,1-2H3. The zero-order valence-electron chi connectivity index (χ0n) is 15.0. The minimum atomic E-state index is 0.0108. The number of carbonyl (C=O) groups excluding carboxylic acids is 1. The van der Waals surface area contributed by atoms with E-state index in [1.807, 2.05) is 6.07 Å². The van der Waals surface area contributed by atoms with Crippen LogP contribution in [0.15, 0.2) is 30.5 Å². The van der Waals surface area contributed by atoms with E-state index < -0.39 is 0 Å². The van der Waals surface area contributed by atoms with Gasteiger partial charge in [0.2, 0.25) is 11.7 Å².